The molecule has 206 valence electrons. The molecule has 0 aromatic rings. The fraction of sp³-hybridized carbons (Fsp3) is 1.00. The van der Waals surface area contributed by atoms with Gasteiger partial charge in [-0.25, -0.2) is 9.47 Å². The lowest BCUT2D eigenvalue weighted by atomic mass is 9.97. The number of aliphatic hydroxyl groups is 1. The highest BCUT2D eigenvalue weighted by molar-refractivity contribution is 5.08. The number of hydrogen-bond acceptors (Lipinski definition) is 3. The standard InChI is InChI=1S/C10HF21O3/c11-1(12,3(15,16)5(19,20)21)2(13,14)4(17,18)7(24,25)33-9(28,29)10(30,31)34-8(26,27)6(22,23)32/h32H. The van der Waals surface area contributed by atoms with E-state index in [1.54, 1.807) is 0 Å². The summed E-state index contributed by atoms with van der Waals surface area (Å²) < 4.78 is 267. The van der Waals surface area contributed by atoms with Crippen LogP contribution in [-0.4, -0.2) is 65.5 Å². The van der Waals surface area contributed by atoms with Crippen LogP contribution in [0.3, 0.4) is 0 Å². The second-order valence-corrected chi connectivity index (χ2v) is 5.61. The Bertz CT molecular complexity index is 730. The Morgan fingerprint density at radius 3 is 0.853 bits per heavy atom. The van der Waals surface area contributed by atoms with Gasteiger partial charge in [-0.2, -0.15) is 92.2 Å². The van der Waals surface area contributed by atoms with E-state index in [0.29, 0.717) is 0 Å². The molecule has 0 unspecified atom stereocenters. The molecule has 0 aliphatic carbocycles. The molecule has 0 saturated heterocycles. The Hall–Kier alpha value is -1.59. The van der Waals surface area contributed by atoms with Crippen LogP contribution in [0, 0.1) is 0 Å². The molecule has 1 N–H and O–H groups in total. The zero-order valence-electron chi connectivity index (χ0n) is 14.2. The zero-order chi connectivity index (χ0) is 28.4. The predicted molar refractivity (Wildman–Crippen MR) is 55.0 cm³/mol. The molecule has 0 aliphatic rings. The second kappa shape index (κ2) is 7.96. The summed E-state index contributed by atoms with van der Waals surface area (Å²) in [6.07, 6.45) is -46.2. The fourth-order valence-corrected chi connectivity index (χ4v) is 1.32. The van der Waals surface area contributed by atoms with Crippen molar-refractivity contribution in [1.82, 2.24) is 0 Å². The summed E-state index contributed by atoms with van der Waals surface area (Å²) in [7, 11) is 0. The normalized spacial score (nSPS) is 16.8. The van der Waals surface area contributed by atoms with Crippen LogP contribution in [0.5, 0.6) is 0 Å². The van der Waals surface area contributed by atoms with E-state index in [0.717, 1.165) is 4.74 Å². The Morgan fingerprint density at radius 2 is 0.588 bits per heavy atom. The molecule has 0 aromatic heterocycles. The van der Waals surface area contributed by atoms with Gasteiger partial charge in [-0.3, -0.25) is 0 Å². The third-order valence-corrected chi connectivity index (χ3v) is 3.11. The van der Waals surface area contributed by atoms with Crippen molar-refractivity contribution in [3.63, 3.8) is 0 Å². The minimum Gasteiger partial charge on any atom is -0.329 e. The SMILES string of the molecule is OC(F)(F)C(F)(F)OC(F)(F)C(F)(F)OC(F)(F)C(F)(F)C(F)(F)C(F)(F)C(F)(F)C(F)(F)F. The third kappa shape index (κ3) is 4.88. The molecule has 0 radical (unpaired) electrons. The zero-order valence-corrected chi connectivity index (χ0v) is 14.2. The van der Waals surface area contributed by atoms with Gasteiger partial charge in [0.2, 0.25) is 0 Å². The van der Waals surface area contributed by atoms with Gasteiger partial charge in [0.15, 0.2) is 0 Å². The summed E-state index contributed by atoms with van der Waals surface area (Å²) in [5, 5.41) is 7.43. The number of alkyl halides is 21. The third-order valence-electron chi connectivity index (χ3n) is 3.11. The van der Waals surface area contributed by atoms with Gasteiger partial charge in [0.1, 0.15) is 0 Å². The first-order chi connectivity index (χ1) is 14.2. The van der Waals surface area contributed by atoms with Crippen LogP contribution in [0.1, 0.15) is 0 Å². The fourth-order valence-electron chi connectivity index (χ4n) is 1.32. The first kappa shape index (κ1) is 32.4. The number of ether oxygens (including phenoxy) is 2. The highest BCUT2D eigenvalue weighted by Crippen LogP contribution is 2.61. The monoisotopic (exact) mass is 568 g/mol. The second-order valence-electron chi connectivity index (χ2n) is 5.61. The van der Waals surface area contributed by atoms with Crippen LogP contribution in [0.4, 0.5) is 92.2 Å². The Labute approximate surface area is 169 Å². The molecule has 0 heterocycles. The van der Waals surface area contributed by atoms with E-state index < -0.39 is 60.4 Å². The molecule has 0 atom stereocenters. The number of hydrogen-bond donors (Lipinski definition) is 1. The van der Waals surface area contributed by atoms with Crippen molar-refractivity contribution in [3.05, 3.63) is 0 Å². The van der Waals surface area contributed by atoms with Crippen molar-refractivity contribution in [2.75, 3.05) is 0 Å². The lowest BCUT2D eigenvalue weighted by Gasteiger charge is -2.40. The topological polar surface area (TPSA) is 38.7 Å². The van der Waals surface area contributed by atoms with Crippen LogP contribution >= 0.6 is 0 Å². The summed E-state index contributed by atoms with van der Waals surface area (Å²) in [5.41, 5.74) is 0. The quantitative estimate of drug-likeness (QED) is 0.325. The van der Waals surface area contributed by atoms with E-state index in [1.807, 2.05) is 0 Å². The molecule has 0 spiro atoms. The average Bonchev–Trinajstić information content (AvgIpc) is 2.49. The van der Waals surface area contributed by atoms with Gasteiger partial charge < -0.3 is 5.11 Å². The minimum atomic E-state index is -8.81. The maximum atomic E-state index is 13.1. The first-order valence-electron chi connectivity index (χ1n) is 6.76. The Balaban J connectivity index is 6.42. The smallest absolute Gasteiger partial charge is 0.329 e. The van der Waals surface area contributed by atoms with Crippen LogP contribution in [0.2, 0.25) is 0 Å². The highest BCUT2D eigenvalue weighted by atomic mass is 19.4. The van der Waals surface area contributed by atoms with Crippen LogP contribution < -0.4 is 0 Å². The van der Waals surface area contributed by atoms with Gasteiger partial charge in [-0.1, -0.05) is 0 Å². The lowest BCUT2D eigenvalue weighted by molar-refractivity contribution is -0.560. The van der Waals surface area contributed by atoms with E-state index in [-0.39, 0.29) is 0 Å². The van der Waals surface area contributed by atoms with E-state index in [1.165, 1.54) is 4.74 Å². The summed E-state index contributed by atoms with van der Waals surface area (Å²) in [6.45, 7) is 0. The van der Waals surface area contributed by atoms with Crippen molar-refractivity contribution >= 4 is 0 Å². The molecule has 0 aliphatic heterocycles. The van der Waals surface area contributed by atoms with E-state index in [4.69, 9.17) is 5.11 Å². The molecule has 3 nitrogen and oxygen atoms in total. The molecule has 0 aromatic carbocycles. The molecular formula is C10HF21O3. The lowest BCUT2D eigenvalue weighted by Crippen LogP contribution is -2.71. The summed E-state index contributed by atoms with van der Waals surface area (Å²) in [5.74, 6) is -34.6. The summed E-state index contributed by atoms with van der Waals surface area (Å²) >= 11 is 0. The minimum absolute atomic E-state index is 1.00. The van der Waals surface area contributed by atoms with Gasteiger partial charge in [-0.05, 0) is 0 Å². The van der Waals surface area contributed by atoms with Crippen molar-refractivity contribution in [3.8, 4) is 0 Å². The summed E-state index contributed by atoms with van der Waals surface area (Å²) in [4.78, 5) is 0. The van der Waals surface area contributed by atoms with Gasteiger partial charge in [0.05, 0.1) is 0 Å². The van der Waals surface area contributed by atoms with E-state index in [2.05, 4.69) is 0 Å². The molecule has 24 heteroatoms. The van der Waals surface area contributed by atoms with Gasteiger partial charge in [0, 0.05) is 0 Å². The molecule has 0 fully saturated rings. The van der Waals surface area contributed by atoms with E-state index >= 15 is 0 Å². The molecular weight excluding hydrogens is 567 g/mol. The predicted octanol–water partition coefficient (Wildman–Crippen LogP) is 6.08. The molecule has 0 bridgehead atoms. The molecule has 0 rings (SSSR count). The van der Waals surface area contributed by atoms with Crippen LogP contribution in [0.25, 0.3) is 0 Å². The molecule has 0 amide bonds. The Kier molecular flexibility index (Phi) is 7.59. The van der Waals surface area contributed by atoms with Crippen LogP contribution in [-0.2, 0) is 9.47 Å². The first-order valence-corrected chi connectivity index (χ1v) is 6.76. The Morgan fingerprint density at radius 1 is 0.324 bits per heavy atom. The summed E-state index contributed by atoms with van der Waals surface area (Å²) in [6, 6.07) is 0. The number of rotatable bonds is 10. The van der Waals surface area contributed by atoms with Crippen molar-refractivity contribution in [1.29, 1.82) is 0 Å². The maximum Gasteiger partial charge on any atom is 0.460 e. The highest BCUT2D eigenvalue weighted by Gasteiger charge is 2.92. The van der Waals surface area contributed by atoms with Crippen LogP contribution in [0.15, 0.2) is 0 Å². The van der Waals surface area contributed by atoms with E-state index in [9.17, 15) is 92.2 Å². The molecule has 0 saturated carbocycles. The average molecular weight is 568 g/mol. The van der Waals surface area contributed by atoms with Crippen molar-refractivity contribution in [2.24, 2.45) is 0 Å². The number of halogens is 21. The van der Waals surface area contributed by atoms with Gasteiger partial charge in [-0.15, -0.1) is 0 Å². The van der Waals surface area contributed by atoms with Crippen molar-refractivity contribution in [2.45, 2.75) is 60.4 Å². The maximum absolute atomic E-state index is 13.1. The van der Waals surface area contributed by atoms with Gasteiger partial charge >= 0.3 is 60.4 Å². The van der Waals surface area contributed by atoms with Gasteiger partial charge in [0.25, 0.3) is 0 Å². The molecule has 34 heavy (non-hydrogen) atoms. The van der Waals surface area contributed by atoms with Crippen molar-refractivity contribution < 1.29 is 107 Å². The largest absolute Gasteiger partial charge is 0.460 e.